The van der Waals surface area contributed by atoms with E-state index >= 15 is 0 Å². The highest BCUT2D eigenvalue weighted by Crippen LogP contribution is 2.08. The first-order chi connectivity index (χ1) is 6.90. The number of carbonyl (C=O) groups is 1. The summed E-state index contributed by atoms with van der Waals surface area (Å²) in [4.78, 5) is 18.5. The Morgan fingerprint density at radius 3 is 2.36 bits per heavy atom. The van der Waals surface area contributed by atoms with Gasteiger partial charge in [0.25, 0.3) is 0 Å². The van der Waals surface area contributed by atoms with Crippen molar-refractivity contribution in [2.24, 2.45) is 0 Å². The first kappa shape index (κ1) is 10.3. The highest BCUT2D eigenvalue weighted by atomic mass is 16.1. The second-order valence-corrected chi connectivity index (χ2v) is 2.42. The maximum atomic E-state index is 10.4. The molecule has 0 radical (unpaired) electrons. The molecule has 2 rings (SSSR count). The van der Waals surface area contributed by atoms with Crippen molar-refractivity contribution in [2.75, 3.05) is 0 Å². The number of hydrogen-bond acceptors (Lipinski definition) is 3. The van der Waals surface area contributed by atoms with Crippen LogP contribution in [0.2, 0.25) is 0 Å². The Kier molecular flexibility index (Phi) is 3.73. The van der Waals surface area contributed by atoms with Crippen LogP contribution in [0.25, 0.3) is 11.0 Å². The number of nitrogens with zero attached hydrogens (tertiary/aromatic N) is 2. The third kappa shape index (κ3) is 2.13. The highest BCUT2D eigenvalue weighted by molar-refractivity contribution is 5.84. The molecule has 0 bridgehead atoms. The van der Waals surface area contributed by atoms with Crippen LogP contribution in [-0.4, -0.2) is 16.3 Å². The number of benzene rings is 1. The second-order valence-electron chi connectivity index (χ2n) is 2.42. The van der Waals surface area contributed by atoms with Gasteiger partial charge in [0.2, 0.25) is 0 Å². The Morgan fingerprint density at radius 2 is 1.71 bits per heavy atom. The second kappa shape index (κ2) is 5.07. The summed E-state index contributed by atoms with van der Waals surface area (Å²) in [6.07, 6.45) is 4.04. The van der Waals surface area contributed by atoms with Crippen LogP contribution in [0.3, 0.4) is 0 Å². The molecule has 1 heterocycles. The minimum absolute atomic E-state index is 0.628. The lowest BCUT2D eigenvalue weighted by Gasteiger charge is -1.94. The molecule has 0 atom stereocenters. The molecule has 3 heteroatoms. The molecule has 72 valence electrons. The molecule has 1 aromatic carbocycles. The molecule has 0 aliphatic carbocycles. The number of hydrogen-bond donors (Lipinski definition) is 0. The van der Waals surface area contributed by atoms with Crippen molar-refractivity contribution >= 4 is 17.3 Å². The van der Waals surface area contributed by atoms with Crippen molar-refractivity contribution in [3.63, 3.8) is 0 Å². The summed E-state index contributed by atoms with van der Waals surface area (Å²) >= 11 is 0. The van der Waals surface area contributed by atoms with Gasteiger partial charge in [0.1, 0.15) is 6.29 Å². The van der Waals surface area contributed by atoms with E-state index < -0.39 is 0 Å². The Labute approximate surface area is 82.8 Å². The van der Waals surface area contributed by atoms with Crippen molar-refractivity contribution < 1.29 is 4.79 Å². The third-order valence-corrected chi connectivity index (χ3v) is 1.63. The van der Waals surface area contributed by atoms with Gasteiger partial charge in [-0.05, 0) is 18.2 Å². The maximum Gasteiger partial charge on any atom is 0.150 e. The molecule has 3 nitrogen and oxygen atoms in total. The molecule has 0 unspecified atom stereocenters. The molecule has 0 saturated heterocycles. The van der Waals surface area contributed by atoms with E-state index in [0.717, 1.165) is 17.3 Å². The van der Waals surface area contributed by atoms with Gasteiger partial charge in [0, 0.05) is 18.0 Å². The van der Waals surface area contributed by atoms with Crippen LogP contribution >= 0.6 is 0 Å². The van der Waals surface area contributed by atoms with Crippen molar-refractivity contribution in [2.45, 2.75) is 13.8 Å². The number of aromatic nitrogens is 2. The largest absolute Gasteiger partial charge is 0.298 e. The maximum absolute atomic E-state index is 10.4. The van der Waals surface area contributed by atoms with Crippen LogP contribution in [0.4, 0.5) is 0 Å². The molecular weight excluding hydrogens is 176 g/mol. The average Bonchev–Trinajstić information content (AvgIpc) is 2.31. The van der Waals surface area contributed by atoms with E-state index in [0.29, 0.717) is 5.56 Å². The zero-order valence-corrected chi connectivity index (χ0v) is 8.27. The summed E-state index contributed by atoms with van der Waals surface area (Å²) in [7, 11) is 0. The topological polar surface area (TPSA) is 42.9 Å². The standard InChI is InChI=1S/C9H6N2O.C2H6/c12-6-7-1-2-8-9(5-7)11-4-3-10-8;1-2/h1-6H;1-2H3. The van der Waals surface area contributed by atoms with Crippen LogP contribution in [0.5, 0.6) is 0 Å². The third-order valence-electron chi connectivity index (χ3n) is 1.63. The number of rotatable bonds is 1. The summed E-state index contributed by atoms with van der Waals surface area (Å²) in [6.45, 7) is 4.00. The lowest BCUT2D eigenvalue weighted by Crippen LogP contribution is -1.84. The van der Waals surface area contributed by atoms with Crippen LogP contribution in [0, 0.1) is 0 Å². The van der Waals surface area contributed by atoms with E-state index in [1.165, 1.54) is 0 Å². The van der Waals surface area contributed by atoms with Gasteiger partial charge in [-0.2, -0.15) is 0 Å². The Morgan fingerprint density at radius 1 is 1.07 bits per heavy atom. The van der Waals surface area contributed by atoms with Gasteiger partial charge in [0.05, 0.1) is 11.0 Å². The van der Waals surface area contributed by atoms with Gasteiger partial charge in [-0.15, -0.1) is 0 Å². The molecule has 14 heavy (non-hydrogen) atoms. The molecule has 0 aliphatic rings. The monoisotopic (exact) mass is 188 g/mol. The number of fused-ring (bicyclic) bond motifs is 1. The molecule has 2 aromatic rings. The normalized spacial score (nSPS) is 9.00. The van der Waals surface area contributed by atoms with Gasteiger partial charge in [-0.3, -0.25) is 14.8 Å². The Hall–Kier alpha value is -1.77. The lowest BCUT2D eigenvalue weighted by molar-refractivity contribution is 0.112. The molecule has 0 saturated carbocycles. The van der Waals surface area contributed by atoms with E-state index in [2.05, 4.69) is 9.97 Å². The summed E-state index contributed by atoms with van der Waals surface area (Å²) in [6, 6.07) is 5.23. The Balaban J connectivity index is 0.000000461. The predicted molar refractivity (Wildman–Crippen MR) is 56.3 cm³/mol. The van der Waals surface area contributed by atoms with E-state index in [-0.39, 0.29) is 0 Å². The first-order valence-corrected chi connectivity index (χ1v) is 4.56. The van der Waals surface area contributed by atoms with Crippen LogP contribution in [0.15, 0.2) is 30.6 Å². The summed E-state index contributed by atoms with van der Waals surface area (Å²) in [5, 5.41) is 0. The first-order valence-electron chi connectivity index (χ1n) is 4.56. The minimum atomic E-state index is 0.628. The fourth-order valence-corrected chi connectivity index (χ4v) is 1.05. The predicted octanol–water partition coefficient (Wildman–Crippen LogP) is 2.47. The zero-order valence-electron chi connectivity index (χ0n) is 8.27. The molecule has 0 amide bonds. The van der Waals surface area contributed by atoms with E-state index in [1.807, 2.05) is 13.8 Å². The van der Waals surface area contributed by atoms with Gasteiger partial charge in [-0.1, -0.05) is 13.8 Å². The highest BCUT2D eigenvalue weighted by Gasteiger charge is 1.95. The summed E-state index contributed by atoms with van der Waals surface area (Å²) in [5.74, 6) is 0. The summed E-state index contributed by atoms with van der Waals surface area (Å²) in [5.41, 5.74) is 2.19. The van der Waals surface area contributed by atoms with E-state index in [9.17, 15) is 4.79 Å². The molecule has 1 aromatic heterocycles. The van der Waals surface area contributed by atoms with Gasteiger partial charge >= 0.3 is 0 Å². The van der Waals surface area contributed by atoms with Crippen LogP contribution < -0.4 is 0 Å². The van der Waals surface area contributed by atoms with Gasteiger partial charge in [0.15, 0.2) is 0 Å². The molecule has 0 N–H and O–H groups in total. The average molecular weight is 188 g/mol. The van der Waals surface area contributed by atoms with Gasteiger partial charge in [-0.25, -0.2) is 0 Å². The van der Waals surface area contributed by atoms with Crippen molar-refractivity contribution in [1.82, 2.24) is 9.97 Å². The van der Waals surface area contributed by atoms with Crippen molar-refractivity contribution in [3.05, 3.63) is 36.2 Å². The molecule has 0 fully saturated rings. The lowest BCUT2D eigenvalue weighted by atomic mass is 10.2. The molecular formula is C11H12N2O. The van der Waals surface area contributed by atoms with Crippen LogP contribution in [0.1, 0.15) is 24.2 Å². The fourth-order valence-electron chi connectivity index (χ4n) is 1.05. The quantitative estimate of drug-likeness (QED) is 0.645. The Bertz CT molecular complexity index is 426. The SMILES string of the molecule is CC.O=Cc1ccc2nccnc2c1. The van der Waals surface area contributed by atoms with Gasteiger partial charge < -0.3 is 0 Å². The van der Waals surface area contributed by atoms with Crippen LogP contribution in [-0.2, 0) is 0 Å². The number of carbonyl (C=O) groups excluding carboxylic acids is 1. The molecule has 0 spiro atoms. The smallest absolute Gasteiger partial charge is 0.150 e. The van der Waals surface area contributed by atoms with E-state index in [4.69, 9.17) is 0 Å². The zero-order chi connectivity index (χ0) is 10.4. The number of aldehydes is 1. The fraction of sp³-hybridized carbons (Fsp3) is 0.182. The van der Waals surface area contributed by atoms with Crippen molar-refractivity contribution in [1.29, 1.82) is 0 Å². The summed E-state index contributed by atoms with van der Waals surface area (Å²) < 4.78 is 0. The molecule has 0 aliphatic heterocycles. The minimum Gasteiger partial charge on any atom is -0.298 e. The van der Waals surface area contributed by atoms with E-state index in [1.54, 1.807) is 30.6 Å². The van der Waals surface area contributed by atoms with Crippen molar-refractivity contribution in [3.8, 4) is 0 Å².